The summed E-state index contributed by atoms with van der Waals surface area (Å²) in [6, 6.07) is 34.9. The van der Waals surface area contributed by atoms with Gasteiger partial charge in [-0.2, -0.15) is 0 Å². The van der Waals surface area contributed by atoms with Gasteiger partial charge in [-0.1, -0.05) is 109 Å². The third kappa shape index (κ3) is 2.35. The molecule has 1 saturated heterocycles. The molecule has 152 valence electrons. The van der Waals surface area contributed by atoms with E-state index in [0.29, 0.717) is 10.6 Å². The fourth-order valence-corrected chi connectivity index (χ4v) is 5.69. The summed E-state index contributed by atoms with van der Waals surface area (Å²) in [4.78, 5) is 0. The molecule has 3 heteroatoms. The highest BCUT2D eigenvalue weighted by atomic mass is 35.5. The van der Waals surface area contributed by atoms with Gasteiger partial charge in [0.2, 0.25) is 0 Å². The number of alkyl halides is 1. The van der Waals surface area contributed by atoms with Crippen molar-refractivity contribution in [3.8, 4) is 0 Å². The molecule has 0 unspecified atom stereocenters. The minimum atomic E-state index is -1.77. The summed E-state index contributed by atoms with van der Waals surface area (Å²) >= 11 is 6.15. The van der Waals surface area contributed by atoms with Crippen molar-refractivity contribution in [2.24, 2.45) is 0 Å². The lowest BCUT2D eigenvalue weighted by Crippen LogP contribution is -2.44. The van der Waals surface area contributed by atoms with Gasteiger partial charge >= 0.3 is 0 Å². The second-order valence-electron chi connectivity index (χ2n) is 8.37. The van der Waals surface area contributed by atoms with E-state index in [0.717, 1.165) is 22.3 Å². The van der Waals surface area contributed by atoms with Gasteiger partial charge in [0.25, 0.3) is 0 Å². The van der Waals surface area contributed by atoms with Crippen LogP contribution in [-0.2, 0) is 21.6 Å². The van der Waals surface area contributed by atoms with E-state index in [4.69, 9.17) is 16.3 Å². The summed E-state index contributed by atoms with van der Waals surface area (Å²) in [5.41, 5.74) is 0.373. The van der Waals surface area contributed by atoms with Gasteiger partial charge in [-0.3, -0.25) is 0 Å². The molecule has 4 aromatic carbocycles. The van der Waals surface area contributed by atoms with E-state index in [-0.39, 0.29) is 6.42 Å². The molecule has 4 aromatic rings. The van der Waals surface area contributed by atoms with E-state index < -0.39 is 16.9 Å². The van der Waals surface area contributed by atoms with E-state index in [1.54, 1.807) is 24.3 Å². The van der Waals surface area contributed by atoms with Crippen LogP contribution < -0.4 is 0 Å². The molecule has 0 amide bonds. The average molecular weight is 427 g/mol. The highest BCUT2D eigenvalue weighted by Crippen LogP contribution is 2.71. The van der Waals surface area contributed by atoms with E-state index in [1.165, 1.54) is 0 Å². The Morgan fingerprint density at radius 3 is 1.81 bits per heavy atom. The summed E-state index contributed by atoms with van der Waals surface area (Å²) in [7, 11) is 0. The lowest BCUT2D eigenvalue weighted by atomic mass is 9.62. The Balaban J connectivity index is 1.71. The van der Waals surface area contributed by atoms with Crippen molar-refractivity contribution in [3.05, 3.63) is 142 Å². The third-order valence-electron chi connectivity index (χ3n) is 6.84. The first-order valence-corrected chi connectivity index (χ1v) is 10.8. The van der Waals surface area contributed by atoms with Crippen LogP contribution in [0.1, 0.15) is 34.2 Å². The van der Waals surface area contributed by atoms with Gasteiger partial charge in [-0.05, 0) is 39.9 Å². The number of rotatable bonds is 3. The molecule has 2 heterocycles. The zero-order valence-electron chi connectivity index (χ0n) is 16.8. The predicted octanol–water partition coefficient (Wildman–Crippen LogP) is 7.13. The molecule has 0 radical (unpaired) electrons. The van der Waals surface area contributed by atoms with Crippen molar-refractivity contribution in [1.82, 2.24) is 0 Å². The first kappa shape index (κ1) is 18.8. The molecule has 0 spiro atoms. The van der Waals surface area contributed by atoms with Crippen LogP contribution in [0.25, 0.3) is 0 Å². The number of benzene rings is 4. The predicted molar refractivity (Wildman–Crippen MR) is 121 cm³/mol. The summed E-state index contributed by atoms with van der Waals surface area (Å²) < 4.78 is 24.6. The maximum atomic E-state index is 17.7. The molecule has 0 aromatic heterocycles. The Labute approximate surface area is 186 Å². The lowest BCUT2D eigenvalue weighted by molar-refractivity contribution is -0.0839. The zero-order valence-corrected chi connectivity index (χ0v) is 17.5. The van der Waals surface area contributed by atoms with Gasteiger partial charge in [0, 0.05) is 11.4 Å². The van der Waals surface area contributed by atoms with E-state index in [9.17, 15) is 0 Å². The largest absolute Gasteiger partial charge is 0.346 e. The minimum Gasteiger partial charge on any atom is -0.346 e. The molecule has 3 atom stereocenters. The Morgan fingerprint density at radius 1 is 0.613 bits per heavy atom. The maximum Gasteiger partial charge on any atom is 0.176 e. The molecule has 1 nitrogen and oxygen atoms in total. The molecular weight excluding hydrogens is 407 g/mol. The number of ether oxygens (including phenoxy) is 1. The molecule has 2 aliphatic heterocycles. The van der Waals surface area contributed by atoms with E-state index in [1.807, 2.05) is 78.9 Å². The van der Waals surface area contributed by atoms with Crippen molar-refractivity contribution >= 4 is 11.6 Å². The number of hydrogen-bond acceptors (Lipinski definition) is 1. The quantitative estimate of drug-likeness (QED) is 0.338. The Hall–Kier alpha value is -2.94. The van der Waals surface area contributed by atoms with E-state index in [2.05, 4.69) is 6.07 Å². The molecular formula is C28H20ClFO. The standard InChI is InChI=1S/C28H20ClFO/c29-23-17-15-21(16-18-23)27(30)19-26(20-9-3-1-4-10-20)24-13-7-8-14-25(24)28(27,31-26)22-11-5-2-6-12-22/h1-18H,19H2/t26-,27-,28+/m1/s1. The molecule has 0 N–H and O–H groups in total. The topological polar surface area (TPSA) is 9.23 Å². The van der Waals surface area contributed by atoms with Gasteiger partial charge in [0.05, 0.1) is 0 Å². The van der Waals surface area contributed by atoms with Crippen LogP contribution in [0.5, 0.6) is 0 Å². The van der Waals surface area contributed by atoms with Crippen LogP contribution in [-0.4, -0.2) is 0 Å². The molecule has 6 rings (SSSR count). The SMILES string of the molecule is F[C@@]1(c2ccc(Cl)cc2)C[C@]2(c3ccccc3)O[C@@]1(c1ccccc1)c1ccccc12. The van der Waals surface area contributed by atoms with Gasteiger partial charge in [0.15, 0.2) is 11.3 Å². The Kier molecular flexibility index (Phi) is 3.96. The smallest absolute Gasteiger partial charge is 0.176 e. The summed E-state index contributed by atoms with van der Waals surface area (Å²) in [5.74, 6) is 0. The van der Waals surface area contributed by atoms with Gasteiger partial charge < -0.3 is 4.74 Å². The Morgan fingerprint density at radius 2 is 1.16 bits per heavy atom. The first-order valence-electron chi connectivity index (χ1n) is 10.5. The van der Waals surface area contributed by atoms with Crippen molar-refractivity contribution in [2.45, 2.75) is 23.3 Å². The summed E-state index contributed by atoms with van der Waals surface area (Å²) in [6.45, 7) is 0. The Bertz CT molecular complexity index is 1260. The maximum absolute atomic E-state index is 17.7. The fourth-order valence-electron chi connectivity index (χ4n) is 5.57. The van der Waals surface area contributed by atoms with Crippen molar-refractivity contribution in [2.75, 3.05) is 0 Å². The number of hydrogen-bond donors (Lipinski definition) is 0. The van der Waals surface area contributed by atoms with Crippen molar-refractivity contribution in [1.29, 1.82) is 0 Å². The molecule has 2 aliphatic rings. The second kappa shape index (κ2) is 6.53. The molecule has 31 heavy (non-hydrogen) atoms. The van der Waals surface area contributed by atoms with Gasteiger partial charge in [0.1, 0.15) is 5.60 Å². The highest BCUT2D eigenvalue weighted by Gasteiger charge is 2.74. The normalized spacial score (nSPS) is 28.5. The first-order chi connectivity index (χ1) is 15.1. The zero-order chi connectivity index (χ0) is 21.1. The summed E-state index contributed by atoms with van der Waals surface area (Å²) in [5, 5.41) is 0.586. The van der Waals surface area contributed by atoms with E-state index >= 15 is 4.39 Å². The summed E-state index contributed by atoms with van der Waals surface area (Å²) in [6.07, 6.45) is 0.192. The monoisotopic (exact) mass is 426 g/mol. The van der Waals surface area contributed by atoms with Crippen LogP contribution in [0.4, 0.5) is 4.39 Å². The van der Waals surface area contributed by atoms with Gasteiger partial charge in [-0.15, -0.1) is 0 Å². The minimum absolute atomic E-state index is 0.192. The molecule has 1 fully saturated rings. The molecule has 2 bridgehead atoms. The van der Waals surface area contributed by atoms with Crippen molar-refractivity contribution < 1.29 is 9.13 Å². The fraction of sp³-hybridized carbons (Fsp3) is 0.143. The van der Waals surface area contributed by atoms with Gasteiger partial charge in [-0.25, -0.2) is 4.39 Å². The van der Waals surface area contributed by atoms with Crippen LogP contribution >= 0.6 is 11.6 Å². The van der Waals surface area contributed by atoms with Crippen LogP contribution in [0, 0.1) is 0 Å². The number of halogens is 2. The highest BCUT2D eigenvalue weighted by molar-refractivity contribution is 6.30. The number of fused-ring (bicyclic) bond motifs is 5. The second-order valence-corrected chi connectivity index (χ2v) is 8.81. The molecule has 0 saturated carbocycles. The van der Waals surface area contributed by atoms with Crippen LogP contribution in [0.15, 0.2) is 109 Å². The third-order valence-corrected chi connectivity index (χ3v) is 7.09. The van der Waals surface area contributed by atoms with Crippen molar-refractivity contribution in [3.63, 3.8) is 0 Å². The van der Waals surface area contributed by atoms with Crippen LogP contribution in [0.2, 0.25) is 5.02 Å². The lowest BCUT2D eigenvalue weighted by Gasteiger charge is -2.40. The van der Waals surface area contributed by atoms with Crippen LogP contribution in [0.3, 0.4) is 0 Å². The molecule has 0 aliphatic carbocycles. The average Bonchev–Trinajstić information content (AvgIpc) is 3.29.